The van der Waals surface area contributed by atoms with Gasteiger partial charge in [-0.1, -0.05) is 6.07 Å². The zero-order valence-corrected chi connectivity index (χ0v) is 7.97. The molecule has 0 fully saturated rings. The molecule has 0 saturated carbocycles. The normalized spacial score (nSPS) is 16.2. The van der Waals surface area contributed by atoms with Crippen LogP contribution in [0.5, 0.6) is 0 Å². The highest BCUT2D eigenvalue weighted by atomic mass is 32.1. The first kappa shape index (κ1) is 8.51. The standard InChI is InChI=1S/C10H10O2S/c11-10(9-5-3-7-13-9)8-4-1-2-6-12-8/h3-5,7H,1-2,6H2. The number of rotatable bonds is 2. The van der Waals surface area contributed by atoms with E-state index in [2.05, 4.69) is 0 Å². The van der Waals surface area contributed by atoms with Gasteiger partial charge in [0, 0.05) is 0 Å². The lowest BCUT2D eigenvalue weighted by Gasteiger charge is -2.12. The van der Waals surface area contributed by atoms with Gasteiger partial charge in [0.25, 0.3) is 0 Å². The number of carbonyl (C=O) groups excluding carboxylic acids is 1. The molecule has 1 aliphatic heterocycles. The average molecular weight is 194 g/mol. The van der Waals surface area contributed by atoms with Crippen molar-refractivity contribution < 1.29 is 9.53 Å². The van der Waals surface area contributed by atoms with E-state index in [4.69, 9.17) is 4.74 Å². The predicted octanol–water partition coefficient (Wildman–Crippen LogP) is 2.63. The maximum absolute atomic E-state index is 11.7. The molecule has 0 unspecified atom stereocenters. The van der Waals surface area contributed by atoms with Crippen LogP contribution < -0.4 is 0 Å². The highest BCUT2D eigenvalue weighted by Gasteiger charge is 2.16. The molecule has 2 nitrogen and oxygen atoms in total. The SMILES string of the molecule is O=C(C1=CCCCO1)c1cccs1. The Morgan fingerprint density at radius 3 is 3.08 bits per heavy atom. The Hall–Kier alpha value is -1.09. The van der Waals surface area contributed by atoms with Crippen LogP contribution in [0.15, 0.2) is 29.3 Å². The number of thiophene rings is 1. The summed E-state index contributed by atoms with van der Waals surface area (Å²) in [4.78, 5) is 12.4. The van der Waals surface area contributed by atoms with Gasteiger partial charge in [-0.2, -0.15) is 0 Å². The van der Waals surface area contributed by atoms with Crippen molar-refractivity contribution in [2.75, 3.05) is 6.61 Å². The highest BCUT2D eigenvalue weighted by molar-refractivity contribution is 7.12. The molecule has 2 rings (SSSR count). The summed E-state index contributed by atoms with van der Waals surface area (Å²) < 4.78 is 5.28. The molecule has 0 atom stereocenters. The van der Waals surface area contributed by atoms with E-state index in [1.54, 1.807) is 0 Å². The number of ketones is 1. The van der Waals surface area contributed by atoms with Crippen LogP contribution in [0.4, 0.5) is 0 Å². The van der Waals surface area contributed by atoms with Crippen LogP contribution in [-0.4, -0.2) is 12.4 Å². The third kappa shape index (κ3) is 1.80. The molecule has 0 spiro atoms. The van der Waals surface area contributed by atoms with Crippen molar-refractivity contribution in [3.63, 3.8) is 0 Å². The van der Waals surface area contributed by atoms with Crippen molar-refractivity contribution >= 4 is 17.1 Å². The lowest BCUT2D eigenvalue weighted by Crippen LogP contribution is -2.09. The largest absolute Gasteiger partial charge is 0.490 e. The first-order valence-electron chi connectivity index (χ1n) is 4.29. The molecule has 0 saturated heterocycles. The van der Waals surface area contributed by atoms with E-state index in [0.717, 1.165) is 17.7 Å². The van der Waals surface area contributed by atoms with E-state index < -0.39 is 0 Å². The fourth-order valence-electron chi connectivity index (χ4n) is 1.24. The Morgan fingerprint density at radius 2 is 2.46 bits per heavy atom. The zero-order valence-electron chi connectivity index (χ0n) is 7.16. The summed E-state index contributed by atoms with van der Waals surface area (Å²) in [5.41, 5.74) is 0. The molecule has 0 bridgehead atoms. The Bertz CT molecular complexity index is 325. The number of carbonyl (C=O) groups is 1. The van der Waals surface area contributed by atoms with Crippen molar-refractivity contribution in [1.29, 1.82) is 0 Å². The molecule has 3 heteroatoms. The molecule has 1 aliphatic rings. The number of allylic oxidation sites excluding steroid dienone is 2. The third-order valence-electron chi connectivity index (χ3n) is 1.90. The third-order valence-corrected chi connectivity index (χ3v) is 2.77. The predicted molar refractivity (Wildman–Crippen MR) is 51.9 cm³/mol. The van der Waals surface area contributed by atoms with Gasteiger partial charge in [-0.05, 0) is 30.4 Å². The van der Waals surface area contributed by atoms with Gasteiger partial charge in [-0.3, -0.25) is 4.79 Å². The van der Waals surface area contributed by atoms with Gasteiger partial charge in [-0.25, -0.2) is 0 Å². The molecule has 0 aliphatic carbocycles. The number of ether oxygens (including phenoxy) is 1. The summed E-state index contributed by atoms with van der Waals surface area (Å²) in [6.07, 6.45) is 3.85. The molecular weight excluding hydrogens is 184 g/mol. The minimum atomic E-state index is 0.0229. The van der Waals surface area contributed by atoms with Crippen LogP contribution in [0.25, 0.3) is 0 Å². The Labute approximate surface area is 80.8 Å². The van der Waals surface area contributed by atoms with Crippen LogP contribution in [-0.2, 0) is 4.74 Å². The van der Waals surface area contributed by atoms with Crippen LogP contribution in [0, 0.1) is 0 Å². The molecule has 1 aromatic rings. The van der Waals surface area contributed by atoms with Gasteiger partial charge in [-0.15, -0.1) is 11.3 Å². The molecule has 0 amide bonds. The van der Waals surface area contributed by atoms with E-state index in [9.17, 15) is 4.79 Å². The summed E-state index contributed by atoms with van der Waals surface area (Å²) in [6.45, 7) is 0.670. The second-order valence-corrected chi connectivity index (χ2v) is 3.81. The maximum atomic E-state index is 11.7. The zero-order chi connectivity index (χ0) is 9.10. The van der Waals surface area contributed by atoms with Gasteiger partial charge in [0.2, 0.25) is 5.78 Å². The average Bonchev–Trinajstić information content (AvgIpc) is 2.71. The first-order chi connectivity index (χ1) is 6.38. The second kappa shape index (κ2) is 3.75. The lowest BCUT2D eigenvalue weighted by molar-refractivity contribution is 0.0903. The van der Waals surface area contributed by atoms with E-state index >= 15 is 0 Å². The molecule has 68 valence electrons. The summed E-state index contributed by atoms with van der Waals surface area (Å²) in [5, 5.41) is 1.90. The van der Waals surface area contributed by atoms with Crippen LogP contribution in [0.1, 0.15) is 22.5 Å². The molecule has 13 heavy (non-hydrogen) atoms. The van der Waals surface area contributed by atoms with Gasteiger partial charge >= 0.3 is 0 Å². The monoisotopic (exact) mass is 194 g/mol. The summed E-state index contributed by atoms with van der Waals surface area (Å²) in [6, 6.07) is 3.70. The van der Waals surface area contributed by atoms with Crippen LogP contribution in [0.3, 0.4) is 0 Å². The summed E-state index contributed by atoms with van der Waals surface area (Å²) in [5.74, 6) is 0.545. The van der Waals surface area contributed by atoms with Gasteiger partial charge in [0.1, 0.15) is 0 Å². The van der Waals surface area contributed by atoms with Crippen molar-refractivity contribution in [3.8, 4) is 0 Å². The molecule has 2 heterocycles. The Kier molecular flexibility index (Phi) is 2.45. The number of hydrogen-bond acceptors (Lipinski definition) is 3. The van der Waals surface area contributed by atoms with Crippen molar-refractivity contribution in [2.45, 2.75) is 12.8 Å². The minimum Gasteiger partial charge on any atom is -0.490 e. The highest BCUT2D eigenvalue weighted by Crippen LogP contribution is 2.18. The van der Waals surface area contributed by atoms with Crippen LogP contribution >= 0.6 is 11.3 Å². The number of hydrogen-bond donors (Lipinski definition) is 0. The minimum absolute atomic E-state index is 0.0229. The smallest absolute Gasteiger partial charge is 0.237 e. The molecular formula is C10H10O2S. The molecule has 0 radical (unpaired) electrons. The van der Waals surface area contributed by atoms with Gasteiger partial charge < -0.3 is 4.74 Å². The van der Waals surface area contributed by atoms with Crippen LogP contribution in [0.2, 0.25) is 0 Å². The van der Waals surface area contributed by atoms with Crippen molar-refractivity contribution in [1.82, 2.24) is 0 Å². The van der Waals surface area contributed by atoms with Gasteiger partial charge in [0.15, 0.2) is 5.76 Å². The fourth-order valence-corrected chi connectivity index (χ4v) is 1.91. The van der Waals surface area contributed by atoms with E-state index in [1.807, 2.05) is 23.6 Å². The van der Waals surface area contributed by atoms with E-state index in [-0.39, 0.29) is 5.78 Å². The summed E-state index contributed by atoms with van der Waals surface area (Å²) in [7, 11) is 0. The second-order valence-electron chi connectivity index (χ2n) is 2.87. The lowest BCUT2D eigenvalue weighted by atomic mass is 10.2. The fraction of sp³-hybridized carbons (Fsp3) is 0.300. The molecule has 0 aromatic carbocycles. The quantitative estimate of drug-likeness (QED) is 0.676. The summed E-state index contributed by atoms with van der Waals surface area (Å²) >= 11 is 1.45. The molecule has 1 aromatic heterocycles. The maximum Gasteiger partial charge on any atom is 0.237 e. The van der Waals surface area contributed by atoms with Gasteiger partial charge in [0.05, 0.1) is 11.5 Å². The molecule has 0 N–H and O–H groups in total. The van der Waals surface area contributed by atoms with Crippen molar-refractivity contribution in [3.05, 3.63) is 34.2 Å². The van der Waals surface area contributed by atoms with Crippen molar-refractivity contribution in [2.24, 2.45) is 0 Å². The Balaban J connectivity index is 2.17. The van der Waals surface area contributed by atoms with E-state index in [0.29, 0.717) is 12.4 Å². The number of Topliss-reactive ketones (excluding diaryl/α,β-unsaturated/α-hetero) is 1. The van der Waals surface area contributed by atoms with E-state index in [1.165, 1.54) is 11.3 Å². The topological polar surface area (TPSA) is 26.3 Å². The first-order valence-corrected chi connectivity index (χ1v) is 5.17. The Morgan fingerprint density at radius 1 is 1.54 bits per heavy atom.